The Morgan fingerprint density at radius 3 is 2.39 bits per heavy atom. The Bertz CT molecular complexity index is 1050. The summed E-state index contributed by atoms with van der Waals surface area (Å²) in [4.78, 5) is 25.1. The summed E-state index contributed by atoms with van der Waals surface area (Å²) < 4.78 is 31.3. The lowest BCUT2D eigenvalue weighted by Crippen LogP contribution is -2.33. The quantitative estimate of drug-likeness (QED) is 0.639. The number of hydrogen-bond acceptors (Lipinski definition) is 5. The van der Waals surface area contributed by atoms with Crippen molar-refractivity contribution < 1.29 is 22.7 Å². The molecule has 0 bridgehead atoms. The van der Waals surface area contributed by atoms with Gasteiger partial charge in [-0.25, -0.2) is 12.7 Å². The Balaban J connectivity index is 1.60. The van der Waals surface area contributed by atoms with Gasteiger partial charge in [0.05, 0.1) is 18.7 Å². The van der Waals surface area contributed by atoms with E-state index in [4.69, 9.17) is 4.74 Å². The van der Waals surface area contributed by atoms with E-state index < -0.39 is 15.9 Å². The Labute approximate surface area is 183 Å². The molecular formula is C23H28N2O5S. The summed E-state index contributed by atoms with van der Waals surface area (Å²) in [5, 5.41) is 3.04. The molecule has 1 N–H and O–H groups in total. The van der Waals surface area contributed by atoms with Crippen molar-refractivity contribution in [3.8, 4) is 5.75 Å². The third-order valence-electron chi connectivity index (χ3n) is 5.24. The number of nitrogens with one attached hydrogen (secondary N) is 1. The largest absolute Gasteiger partial charge is 0.497 e. The van der Waals surface area contributed by atoms with Crippen molar-refractivity contribution in [3.05, 3.63) is 59.7 Å². The van der Waals surface area contributed by atoms with Crippen LogP contribution in [0.2, 0.25) is 0 Å². The summed E-state index contributed by atoms with van der Waals surface area (Å²) in [5.74, 6) is 0.407. The van der Waals surface area contributed by atoms with Crippen LogP contribution >= 0.6 is 0 Å². The Morgan fingerprint density at radius 2 is 1.77 bits per heavy atom. The maximum absolute atomic E-state index is 12.6. The van der Waals surface area contributed by atoms with E-state index in [1.54, 1.807) is 19.2 Å². The number of ether oxygens (including phenoxy) is 1. The monoisotopic (exact) mass is 444 g/mol. The molecule has 0 spiro atoms. The van der Waals surface area contributed by atoms with Crippen LogP contribution in [0.5, 0.6) is 5.75 Å². The highest BCUT2D eigenvalue weighted by Gasteiger charge is 2.40. The molecule has 0 saturated heterocycles. The molecule has 2 amide bonds. The Morgan fingerprint density at radius 1 is 1.10 bits per heavy atom. The molecule has 31 heavy (non-hydrogen) atoms. The summed E-state index contributed by atoms with van der Waals surface area (Å²) in [6, 6.07) is 13.6. The van der Waals surface area contributed by atoms with Crippen LogP contribution in [0.1, 0.15) is 55.1 Å². The molecule has 166 valence electrons. The number of rotatable bonds is 9. The minimum atomic E-state index is -3.84. The van der Waals surface area contributed by atoms with Crippen molar-refractivity contribution in [2.75, 3.05) is 13.7 Å². The second-order valence-corrected chi connectivity index (χ2v) is 9.84. The highest BCUT2D eigenvalue weighted by Crippen LogP contribution is 2.30. The highest BCUT2D eigenvalue weighted by molar-refractivity contribution is 7.90. The van der Waals surface area contributed by atoms with Crippen molar-refractivity contribution in [1.29, 1.82) is 0 Å². The minimum absolute atomic E-state index is 0.0271. The molecule has 0 aliphatic carbocycles. The number of fused-ring (bicyclic) bond motifs is 1. The number of amides is 2. The van der Waals surface area contributed by atoms with E-state index in [1.807, 2.05) is 24.3 Å². The maximum atomic E-state index is 12.6. The Hall–Kier alpha value is -2.87. The molecule has 1 aliphatic heterocycles. The van der Waals surface area contributed by atoms with Crippen molar-refractivity contribution in [3.63, 3.8) is 0 Å². The summed E-state index contributed by atoms with van der Waals surface area (Å²) in [7, 11) is -2.24. The fourth-order valence-electron chi connectivity index (χ4n) is 3.69. The molecule has 8 heteroatoms. The van der Waals surface area contributed by atoms with Gasteiger partial charge in [-0.15, -0.1) is 0 Å². The van der Waals surface area contributed by atoms with E-state index >= 15 is 0 Å². The van der Waals surface area contributed by atoms with E-state index in [1.165, 1.54) is 12.1 Å². The molecule has 0 radical (unpaired) electrons. The van der Waals surface area contributed by atoms with Crippen LogP contribution in [0, 0.1) is 5.92 Å². The van der Waals surface area contributed by atoms with Gasteiger partial charge in [-0.2, -0.15) is 0 Å². The fraction of sp³-hybridized carbons (Fsp3) is 0.391. The van der Waals surface area contributed by atoms with Gasteiger partial charge in [-0.05, 0) is 48.6 Å². The lowest BCUT2D eigenvalue weighted by molar-refractivity contribution is -0.122. The Kier molecular flexibility index (Phi) is 7.00. The molecule has 7 nitrogen and oxygen atoms in total. The van der Waals surface area contributed by atoms with E-state index in [9.17, 15) is 18.0 Å². The highest BCUT2D eigenvalue weighted by atomic mass is 32.2. The number of hydrogen-bond donors (Lipinski definition) is 1. The third kappa shape index (κ3) is 5.07. The lowest BCUT2D eigenvalue weighted by atomic mass is 9.96. The molecule has 2 aromatic rings. The summed E-state index contributed by atoms with van der Waals surface area (Å²) in [6.45, 7) is 4.15. The molecule has 1 aliphatic rings. The van der Waals surface area contributed by atoms with Crippen molar-refractivity contribution >= 4 is 21.8 Å². The zero-order chi connectivity index (χ0) is 22.6. The van der Waals surface area contributed by atoms with Gasteiger partial charge in [0.1, 0.15) is 10.6 Å². The summed E-state index contributed by atoms with van der Waals surface area (Å²) in [5.41, 5.74) is 1.17. The third-order valence-corrected chi connectivity index (χ3v) is 7.08. The van der Waals surface area contributed by atoms with Crippen LogP contribution in [0.4, 0.5) is 0 Å². The number of nitrogens with zero attached hydrogens (tertiary/aromatic N) is 1. The van der Waals surface area contributed by atoms with Crippen molar-refractivity contribution in [1.82, 2.24) is 9.62 Å². The summed E-state index contributed by atoms with van der Waals surface area (Å²) >= 11 is 0. The first-order chi connectivity index (χ1) is 14.7. The fourth-order valence-corrected chi connectivity index (χ4v) is 5.30. The van der Waals surface area contributed by atoms with Crippen LogP contribution in [0.25, 0.3) is 0 Å². The standard InChI is InChI=1S/C23H28N2O5S/c1-16(2)15-20(17-10-12-18(30-3)13-11-17)24-22(26)9-6-14-25-23(27)19-7-4-5-8-21(19)31(25,28)29/h4-5,7-8,10-13,16,20H,6,9,14-15H2,1-3H3,(H,24,26). The van der Waals surface area contributed by atoms with Crippen LogP contribution in [-0.2, 0) is 14.8 Å². The topological polar surface area (TPSA) is 92.8 Å². The van der Waals surface area contributed by atoms with Gasteiger partial charge in [0, 0.05) is 13.0 Å². The van der Waals surface area contributed by atoms with Crippen molar-refractivity contribution in [2.45, 2.75) is 44.0 Å². The molecule has 0 fully saturated rings. The normalized spacial score (nSPS) is 15.6. The zero-order valence-corrected chi connectivity index (χ0v) is 18.8. The van der Waals surface area contributed by atoms with Gasteiger partial charge >= 0.3 is 0 Å². The van der Waals surface area contributed by atoms with Gasteiger partial charge in [-0.1, -0.05) is 38.1 Å². The average molecular weight is 445 g/mol. The molecular weight excluding hydrogens is 416 g/mol. The second-order valence-electron chi connectivity index (χ2n) is 8.00. The minimum Gasteiger partial charge on any atom is -0.497 e. The smallest absolute Gasteiger partial charge is 0.269 e. The van der Waals surface area contributed by atoms with E-state index in [0.29, 0.717) is 5.92 Å². The lowest BCUT2D eigenvalue weighted by Gasteiger charge is -2.22. The zero-order valence-electron chi connectivity index (χ0n) is 18.0. The van der Waals surface area contributed by atoms with E-state index in [-0.39, 0.29) is 41.8 Å². The van der Waals surface area contributed by atoms with Crippen LogP contribution in [0.15, 0.2) is 53.4 Å². The first-order valence-electron chi connectivity index (χ1n) is 10.3. The molecule has 1 unspecified atom stereocenters. The average Bonchev–Trinajstić information content (AvgIpc) is 2.94. The van der Waals surface area contributed by atoms with Crippen LogP contribution < -0.4 is 10.1 Å². The van der Waals surface area contributed by atoms with Gasteiger partial charge in [-0.3, -0.25) is 9.59 Å². The molecule has 3 rings (SSSR count). The van der Waals surface area contributed by atoms with Gasteiger partial charge in [0.15, 0.2) is 0 Å². The first-order valence-corrected chi connectivity index (χ1v) is 11.8. The summed E-state index contributed by atoms with van der Waals surface area (Å²) in [6.07, 6.45) is 1.15. The SMILES string of the molecule is COc1ccc(C(CC(C)C)NC(=O)CCCN2C(=O)c3ccccc3S2(=O)=O)cc1. The molecule has 0 saturated carbocycles. The van der Waals surface area contributed by atoms with Gasteiger partial charge < -0.3 is 10.1 Å². The second kappa shape index (κ2) is 9.51. The van der Waals surface area contributed by atoms with Gasteiger partial charge in [0.2, 0.25) is 5.91 Å². The number of carbonyl (C=O) groups excluding carboxylic acids is 2. The number of methoxy groups -OCH3 is 1. The van der Waals surface area contributed by atoms with Crippen LogP contribution in [-0.4, -0.2) is 38.2 Å². The van der Waals surface area contributed by atoms with Crippen molar-refractivity contribution in [2.24, 2.45) is 5.92 Å². The number of benzene rings is 2. The maximum Gasteiger partial charge on any atom is 0.269 e. The predicted molar refractivity (Wildman–Crippen MR) is 117 cm³/mol. The van der Waals surface area contributed by atoms with E-state index in [0.717, 1.165) is 22.0 Å². The van der Waals surface area contributed by atoms with Crippen LogP contribution in [0.3, 0.4) is 0 Å². The molecule has 0 aromatic heterocycles. The molecule has 1 atom stereocenters. The first kappa shape index (κ1) is 22.8. The molecule has 1 heterocycles. The van der Waals surface area contributed by atoms with E-state index in [2.05, 4.69) is 19.2 Å². The van der Waals surface area contributed by atoms with Gasteiger partial charge in [0.25, 0.3) is 15.9 Å². The number of carbonyl (C=O) groups is 2. The predicted octanol–water partition coefficient (Wildman–Crippen LogP) is 3.52. The number of sulfonamides is 1. The molecule has 2 aromatic carbocycles.